The Morgan fingerprint density at radius 3 is 2.68 bits per heavy atom. The quantitative estimate of drug-likeness (QED) is 0.896. The van der Waals surface area contributed by atoms with Gasteiger partial charge in [-0.25, -0.2) is 4.79 Å². The molecule has 2 heterocycles. The molecule has 6 nitrogen and oxygen atoms in total. The first-order valence-corrected chi connectivity index (χ1v) is 6.91. The van der Waals surface area contributed by atoms with Crippen LogP contribution in [0.25, 0.3) is 0 Å². The molecule has 1 aliphatic rings. The van der Waals surface area contributed by atoms with E-state index in [0.29, 0.717) is 25.4 Å². The Morgan fingerprint density at radius 2 is 2.14 bits per heavy atom. The number of anilines is 1. The smallest absolute Gasteiger partial charge is 0.435 e. The maximum atomic E-state index is 12.4. The molecule has 122 valence electrons. The van der Waals surface area contributed by atoms with Gasteiger partial charge in [0, 0.05) is 13.1 Å². The Labute approximate surface area is 125 Å². The number of alkyl halides is 3. The van der Waals surface area contributed by atoms with Gasteiger partial charge in [0.1, 0.15) is 5.82 Å². The molecule has 0 saturated carbocycles. The third-order valence-electron chi connectivity index (χ3n) is 3.66. The van der Waals surface area contributed by atoms with E-state index in [1.54, 1.807) is 0 Å². The lowest BCUT2D eigenvalue weighted by Gasteiger charge is -2.36. The highest BCUT2D eigenvalue weighted by molar-refractivity contribution is 5.65. The number of amides is 1. The standard InChI is InChI=1S/C13H17F3N4O2/c1-8-2-3-9(20(7-8)12(21)22)6-17-11-5-4-10(18-19-11)13(14,15)16/h4-5,8-9H,2-3,6-7H2,1H3,(H,17,19)(H,21,22)/t8-,9-/m0/s1. The van der Waals surface area contributed by atoms with E-state index in [1.807, 2.05) is 6.92 Å². The van der Waals surface area contributed by atoms with Gasteiger partial charge in [-0.05, 0) is 30.9 Å². The van der Waals surface area contributed by atoms with Gasteiger partial charge in [0.25, 0.3) is 0 Å². The molecule has 1 aliphatic heterocycles. The lowest BCUT2D eigenvalue weighted by molar-refractivity contribution is -0.141. The van der Waals surface area contributed by atoms with Crippen molar-refractivity contribution in [2.75, 3.05) is 18.4 Å². The number of hydrogen-bond acceptors (Lipinski definition) is 4. The van der Waals surface area contributed by atoms with Gasteiger partial charge < -0.3 is 15.3 Å². The number of nitrogens with zero attached hydrogens (tertiary/aromatic N) is 3. The fourth-order valence-electron chi connectivity index (χ4n) is 2.46. The summed E-state index contributed by atoms with van der Waals surface area (Å²) < 4.78 is 37.1. The number of hydrogen-bond donors (Lipinski definition) is 2. The van der Waals surface area contributed by atoms with E-state index in [9.17, 15) is 23.1 Å². The number of carboxylic acid groups (broad SMARTS) is 1. The molecule has 0 spiro atoms. The van der Waals surface area contributed by atoms with Crippen molar-refractivity contribution in [1.29, 1.82) is 0 Å². The molecule has 2 atom stereocenters. The van der Waals surface area contributed by atoms with Crippen LogP contribution in [0, 0.1) is 5.92 Å². The molecule has 1 fully saturated rings. The van der Waals surface area contributed by atoms with Gasteiger partial charge in [-0.3, -0.25) is 0 Å². The largest absolute Gasteiger partial charge is 0.465 e. The highest BCUT2D eigenvalue weighted by Crippen LogP contribution is 2.27. The first-order valence-electron chi connectivity index (χ1n) is 6.91. The number of aromatic nitrogens is 2. The Morgan fingerprint density at radius 1 is 1.41 bits per heavy atom. The van der Waals surface area contributed by atoms with Crippen LogP contribution >= 0.6 is 0 Å². The minimum Gasteiger partial charge on any atom is -0.465 e. The molecule has 0 aliphatic carbocycles. The van der Waals surface area contributed by atoms with Crippen LogP contribution in [-0.2, 0) is 6.18 Å². The topological polar surface area (TPSA) is 78.4 Å². The van der Waals surface area contributed by atoms with Crippen molar-refractivity contribution in [1.82, 2.24) is 15.1 Å². The van der Waals surface area contributed by atoms with Crippen LogP contribution in [0.1, 0.15) is 25.5 Å². The number of nitrogens with one attached hydrogen (secondary N) is 1. The van der Waals surface area contributed by atoms with Crippen LogP contribution in [0.2, 0.25) is 0 Å². The lowest BCUT2D eigenvalue weighted by Crippen LogP contribution is -2.48. The van der Waals surface area contributed by atoms with Crippen molar-refractivity contribution in [3.63, 3.8) is 0 Å². The van der Waals surface area contributed by atoms with Crippen molar-refractivity contribution in [3.05, 3.63) is 17.8 Å². The molecule has 0 aromatic carbocycles. The molecule has 2 rings (SSSR count). The molecule has 1 aromatic heterocycles. The predicted octanol–water partition coefficient (Wildman–Crippen LogP) is 2.69. The van der Waals surface area contributed by atoms with Crippen molar-refractivity contribution in [2.24, 2.45) is 5.92 Å². The van der Waals surface area contributed by atoms with E-state index < -0.39 is 18.0 Å². The van der Waals surface area contributed by atoms with Crippen LogP contribution in [0.5, 0.6) is 0 Å². The minimum atomic E-state index is -4.52. The molecule has 1 amide bonds. The van der Waals surface area contributed by atoms with Crippen LogP contribution in [-0.4, -0.2) is 45.4 Å². The monoisotopic (exact) mass is 318 g/mol. The third kappa shape index (κ3) is 3.99. The van der Waals surface area contributed by atoms with Gasteiger partial charge in [-0.2, -0.15) is 13.2 Å². The normalized spacial score (nSPS) is 22.5. The summed E-state index contributed by atoms with van der Waals surface area (Å²) in [5, 5.41) is 18.6. The summed E-state index contributed by atoms with van der Waals surface area (Å²) in [6.45, 7) is 2.74. The predicted molar refractivity (Wildman–Crippen MR) is 72.4 cm³/mol. The fourth-order valence-corrected chi connectivity index (χ4v) is 2.46. The van der Waals surface area contributed by atoms with Gasteiger partial charge in [-0.1, -0.05) is 6.92 Å². The molecule has 1 saturated heterocycles. The van der Waals surface area contributed by atoms with Gasteiger partial charge in [0.2, 0.25) is 0 Å². The minimum absolute atomic E-state index is 0.192. The van der Waals surface area contributed by atoms with Gasteiger partial charge >= 0.3 is 12.3 Å². The highest BCUT2D eigenvalue weighted by atomic mass is 19.4. The Hall–Kier alpha value is -2.06. The second-order valence-electron chi connectivity index (χ2n) is 5.45. The second-order valence-corrected chi connectivity index (χ2v) is 5.45. The first kappa shape index (κ1) is 16.3. The average Bonchev–Trinajstić information content (AvgIpc) is 2.45. The van der Waals surface area contributed by atoms with E-state index in [1.165, 1.54) is 11.0 Å². The summed E-state index contributed by atoms with van der Waals surface area (Å²) in [7, 11) is 0. The molecule has 0 bridgehead atoms. The van der Waals surface area contributed by atoms with Crippen molar-refractivity contribution < 1.29 is 23.1 Å². The molecule has 9 heteroatoms. The van der Waals surface area contributed by atoms with E-state index in [4.69, 9.17) is 0 Å². The number of rotatable bonds is 3. The van der Waals surface area contributed by atoms with Crippen molar-refractivity contribution >= 4 is 11.9 Å². The van der Waals surface area contributed by atoms with E-state index in [2.05, 4.69) is 15.5 Å². The summed E-state index contributed by atoms with van der Waals surface area (Å²) in [5.41, 5.74) is -1.06. The summed E-state index contributed by atoms with van der Waals surface area (Å²) >= 11 is 0. The molecule has 22 heavy (non-hydrogen) atoms. The molecule has 0 radical (unpaired) electrons. The maximum absolute atomic E-state index is 12.4. The van der Waals surface area contributed by atoms with E-state index in [0.717, 1.165) is 12.5 Å². The molecule has 0 unspecified atom stereocenters. The highest BCUT2D eigenvalue weighted by Gasteiger charge is 2.33. The average molecular weight is 318 g/mol. The molecular formula is C13H17F3N4O2. The zero-order valence-electron chi connectivity index (χ0n) is 12.0. The Bertz CT molecular complexity index is 521. The van der Waals surface area contributed by atoms with Gasteiger partial charge in [0.05, 0.1) is 6.04 Å². The number of likely N-dealkylation sites (tertiary alicyclic amines) is 1. The molecule has 2 N–H and O–H groups in total. The summed E-state index contributed by atoms with van der Waals surface area (Å²) in [6.07, 6.45) is -3.90. The van der Waals surface area contributed by atoms with Gasteiger partial charge in [-0.15, -0.1) is 10.2 Å². The van der Waals surface area contributed by atoms with Crippen LogP contribution in [0.15, 0.2) is 12.1 Å². The Balaban J connectivity index is 1.95. The molecular weight excluding hydrogens is 301 g/mol. The zero-order valence-corrected chi connectivity index (χ0v) is 12.0. The fraction of sp³-hybridized carbons (Fsp3) is 0.615. The van der Waals surface area contributed by atoms with Crippen LogP contribution in [0.3, 0.4) is 0 Å². The number of piperidine rings is 1. The molecule has 1 aromatic rings. The zero-order chi connectivity index (χ0) is 16.3. The van der Waals surface area contributed by atoms with E-state index >= 15 is 0 Å². The third-order valence-corrected chi connectivity index (χ3v) is 3.66. The maximum Gasteiger partial charge on any atom is 0.435 e. The number of carbonyl (C=O) groups is 1. The first-order chi connectivity index (χ1) is 10.3. The van der Waals surface area contributed by atoms with Crippen LogP contribution in [0.4, 0.5) is 23.8 Å². The van der Waals surface area contributed by atoms with E-state index in [-0.39, 0.29) is 11.9 Å². The SMILES string of the molecule is C[C@H]1CC[C@@H](CNc2ccc(C(F)(F)F)nn2)N(C(=O)O)C1. The second kappa shape index (κ2) is 6.37. The summed E-state index contributed by atoms with van der Waals surface area (Å²) in [5.74, 6) is 0.496. The lowest BCUT2D eigenvalue weighted by atomic mass is 9.94. The summed E-state index contributed by atoms with van der Waals surface area (Å²) in [4.78, 5) is 12.6. The Kier molecular flexibility index (Phi) is 4.72. The number of halogens is 3. The summed E-state index contributed by atoms with van der Waals surface area (Å²) in [6, 6.07) is 1.80. The van der Waals surface area contributed by atoms with Crippen molar-refractivity contribution in [3.8, 4) is 0 Å². The van der Waals surface area contributed by atoms with Crippen LogP contribution < -0.4 is 5.32 Å². The van der Waals surface area contributed by atoms with Crippen molar-refractivity contribution in [2.45, 2.75) is 32.0 Å². The van der Waals surface area contributed by atoms with Gasteiger partial charge in [0.15, 0.2) is 5.69 Å².